The van der Waals surface area contributed by atoms with Crippen molar-refractivity contribution in [2.45, 2.75) is 64.6 Å². The highest BCUT2D eigenvalue weighted by atomic mass is 16.5. The van der Waals surface area contributed by atoms with Gasteiger partial charge in [-0.15, -0.1) is 0 Å². The second-order valence-electron chi connectivity index (χ2n) is 5.90. The van der Waals surface area contributed by atoms with Crippen LogP contribution in [0, 0.1) is 0 Å². The summed E-state index contributed by atoms with van der Waals surface area (Å²) >= 11 is 0. The normalized spacial score (nSPS) is 24.9. The van der Waals surface area contributed by atoms with Crippen molar-refractivity contribution in [2.24, 2.45) is 0 Å². The van der Waals surface area contributed by atoms with Gasteiger partial charge in [-0.25, -0.2) is 0 Å². The highest BCUT2D eigenvalue weighted by molar-refractivity contribution is 5.77. The lowest BCUT2D eigenvalue weighted by atomic mass is 9.89. The van der Waals surface area contributed by atoms with Crippen LogP contribution in [0.25, 0.3) is 0 Å². The van der Waals surface area contributed by atoms with E-state index in [0.29, 0.717) is 6.61 Å². The second kappa shape index (κ2) is 4.94. The van der Waals surface area contributed by atoms with Gasteiger partial charge in [0.05, 0.1) is 5.60 Å². The van der Waals surface area contributed by atoms with Gasteiger partial charge in [-0.1, -0.05) is 6.92 Å². The Hall–Kier alpha value is -0.610. The number of carboxylic acid groups (broad SMARTS) is 1. The van der Waals surface area contributed by atoms with Crippen molar-refractivity contribution in [2.75, 3.05) is 13.2 Å². The van der Waals surface area contributed by atoms with Gasteiger partial charge in [0.2, 0.25) is 0 Å². The zero-order chi connectivity index (χ0) is 13.3. The number of carboxylic acids is 1. The maximum atomic E-state index is 11.4. The topological polar surface area (TPSA) is 49.8 Å². The molecule has 1 atom stereocenters. The van der Waals surface area contributed by atoms with Crippen LogP contribution < -0.4 is 0 Å². The molecule has 0 aromatic heterocycles. The summed E-state index contributed by atoms with van der Waals surface area (Å²) in [4.78, 5) is 13.4. The monoisotopic (exact) mass is 243 g/mol. The van der Waals surface area contributed by atoms with Gasteiger partial charge in [0, 0.05) is 12.6 Å². The van der Waals surface area contributed by atoms with E-state index in [2.05, 4.69) is 18.7 Å². The smallest absolute Gasteiger partial charge is 0.323 e. The quantitative estimate of drug-likeness (QED) is 0.821. The van der Waals surface area contributed by atoms with Crippen LogP contribution in [0.2, 0.25) is 0 Å². The Morgan fingerprint density at radius 2 is 2.12 bits per heavy atom. The van der Waals surface area contributed by atoms with Crippen LogP contribution in [-0.4, -0.2) is 46.3 Å². The Bertz CT molecular complexity index is 286. The van der Waals surface area contributed by atoms with E-state index in [4.69, 9.17) is 4.74 Å². The van der Waals surface area contributed by atoms with Gasteiger partial charge in [-0.2, -0.15) is 0 Å². The Kier molecular flexibility index (Phi) is 4.20. The Morgan fingerprint density at radius 3 is 2.53 bits per heavy atom. The molecule has 1 heterocycles. The minimum Gasteiger partial charge on any atom is -0.480 e. The maximum Gasteiger partial charge on any atom is 0.323 e. The molecule has 0 aromatic carbocycles. The van der Waals surface area contributed by atoms with Crippen molar-refractivity contribution in [3.63, 3.8) is 0 Å². The number of carbonyl (C=O) groups is 1. The van der Waals surface area contributed by atoms with Crippen LogP contribution in [0.15, 0.2) is 0 Å². The third-order valence-electron chi connectivity index (χ3n) is 3.69. The zero-order valence-corrected chi connectivity index (χ0v) is 11.6. The van der Waals surface area contributed by atoms with Crippen LogP contribution in [0.5, 0.6) is 0 Å². The predicted octanol–water partition coefficient (Wildman–Crippen LogP) is 2.13. The van der Waals surface area contributed by atoms with E-state index in [9.17, 15) is 9.90 Å². The molecule has 17 heavy (non-hydrogen) atoms. The van der Waals surface area contributed by atoms with Gasteiger partial charge < -0.3 is 9.84 Å². The van der Waals surface area contributed by atoms with E-state index in [1.807, 2.05) is 6.92 Å². The van der Waals surface area contributed by atoms with Gasteiger partial charge in [-0.3, -0.25) is 9.69 Å². The van der Waals surface area contributed by atoms with Gasteiger partial charge in [-0.05, 0) is 47.1 Å². The average molecular weight is 243 g/mol. The molecule has 4 nitrogen and oxygen atoms in total. The van der Waals surface area contributed by atoms with Crippen LogP contribution in [0.1, 0.15) is 47.5 Å². The van der Waals surface area contributed by atoms with Crippen molar-refractivity contribution in [3.05, 3.63) is 0 Å². The summed E-state index contributed by atoms with van der Waals surface area (Å²) in [5.74, 6) is -0.761. The fraction of sp³-hybridized carbons (Fsp3) is 0.923. The van der Waals surface area contributed by atoms with Crippen molar-refractivity contribution in [3.8, 4) is 0 Å². The van der Waals surface area contributed by atoms with Crippen molar-refractivity contribution in [1.82, 2.24) is 4.90 Å². The first-order valence-electron chi connectivity index (χ1n) is 6.35. The number of hydrogen-bond acceptors (Lipinski definition) is 3. The zero-order valence-electron chi connectivity index (χ0n) is 11.6. The first-order valence-corrected chi connectivity index (χ1v) is 6.35. The minimum absolute atomic E-state index is 0.148. The third-order valence-corrected chi connectivity index (χ3v) is 3.69. The van der Waals surface area contributed by atoms with Gasteiger partial charge in [0.25, 0.3) is 0 Å². The lowest BCUT2D eigenvalue weighted by Crippen LogP contribution is -2.57. The summed E-state index contributed by atoms with van der Waals surface area (Å²) in [6.07, 6.45) is 1.80. The van der Waals surface area contributed by atoms with E-state index in [1.165, 1.54) is 0 Å². The number of nitrogens with zero attached hydrogens (tertiary/aromatic N) is 1. The van der Waals surface area contributed by atoms with E-state index in [1.54, 1.807) is 13.8 Å². The van der Waals surface area contributed by atoms with Gasteiger partial charge in [0.15, 0.2) is 0 Å². The van der Waals surface area contributed by atoms with Gasteiger partial charge in [0.1, 0.15) is 5.54 Å². The lowest BCUT2D eigenvalue weighted by molar-refractivity contribution is -0.155. The van der Waals surface area contributed by atoms with E-state index in [0.717, 1.165) is 19.4 Å². The fourth-order valence-electron chi connectivity index (χ4n) is 2.70. The molecule has 4 heteroatoms. The van der Waals surface area contributed by atoms with Crippen molar-refractivity contribution >= 4 is 5.97 Å². The van der Waals surface area contributed by atoms with Gasteiger partial charge >= 0.3 is 5.97 Å². The van der Waals surface area contributed by atoms with Crippen molar-refractivity contribution in [1.29, 1.82) is 0 Å². The Balaban J connectivity index is 2.84. The number of aliphatic carboxylic acids is 1. The average Bonchev–Trinajstić information content (AvgIpc) is 2.16. The molecule has 1 aliphatic heterocycles. The molecular formula is C13H25NO3. The third kappa shape index (κ3) is 3.19. The van der Waals surface area contributed by atoms with E-state index < -0.39 is 11.5 Å². The molecule has 0 radical (unpaired) electrons. The van der Waals surface area contributed by atoms with Crippen molar-refractivity contribution < 1.29 is 14.6 Å². The first kappa shape index (κ1) is 14.5. The standard InChI is InChI=1S/C13H25NO3/c1-6-14(13(4,5)11(15)16)10-7-8-17-12(2,3)9-10/h10H,6-9H2,1-5H3,(H,15,16). The number of likely N-dealkylation sites (N-methyl/N-ethyl adjacent to an activating group) is 1. The van der Waals surface area contributed by atoms with Crippen LogP contribution >= 0.6 is 0 Å². The molecule has 1 unspecified atom stereocenters. The number of rotatable bonds is 4. The molecule has 0 aromatic rings. The van der Waals surface area contributed by atoms with E-state index >= 15 is 0 Å². The molecule has 100 valence electrons. The molecule has 0 amide bonds. The Morgan fingerprint density at radius 1 is 1.53 bits per heavy atom. The molecule has 1 rings (SSSR count). The highest BCUT2D eigenvalue weighted by Crippen LogP contribution is 2.31. The van der Waals surface area contributed by atoms with Crippen LogP contribution in [0.3, 0.4) is 0 Å². The molecule has 0 bridgehead atoms. The summed E-state index contributed by atoms with van der Waals surface area (Å²) in [5, 5.41) is 9.33. The molecule has 0 spiro atoms. The SMILES string of the molecule is CCN(C1CCOC(C)(C)C1)C(C)(C)C(=O)O. The van der Waals surface area contributed by atoms with E-state index in [-0.39, 0.29) is 11.6 Å². The fourth-order valence-corrected chi connectivity index (χ4v) is 2.70. The molecule has 1 fully saturated rings. The lowest BCUT2D eigenvalue weighted by Gasteiger charge is -2.46. The largest absolute Gasteiger partial charge is 0.480 e. The highest BCUT2D eigenvalue weighted by Gasteiger charge is 2.41. The summed E-state index contributed by atoms with van der Waals surface area (Å²) in [6, 6.07) is 0.287. The summed E-state index contributed by atoms with van der Waals surface area (Å²) in [5.41, 5.74) is -0.961. The summed E-state index contributed by atoms with van der Waals surface area (Å²) in [6.45, 7) is 11.2. The molecule has 1 saturated heterocycles. The molecular weight excluding hydrogens is 218 g/mol. The predicted molar refractivity (Wildman–Crippen MR) is 67.1 cm³/mol. The second-order valence-corrected chi connectivity index (χ2v) is 5.90. The molecule has 0 aliphatic carbocycles. The Labute approximate surface area is 104 Å². The minimum atomic E-state index is -0.813. The maximum absolute atomic E-state index is 11.4. The molecule has 0 saturated carbocycles. The van der Waals surface area contributed by atoms with Crippen LogP contribution in [0.4, 0.5) is 0 Å². The molecule has 1 N–H and O–H groups in total. The number of ether oxygens (including phenoxy) is 1. The van der Waals surface area contributed by atoms with Crippen LogP contribution in [-0.2, 0) is 9.53 Å². The first-order chi connectivity index (χ1) is 7.70. The molecule has 1 aliphatic rings. The summed E-state index contributed by atoms with van der Waals surface area (Å²) in [7, 11) is 0. The summed E-state index contributed by atoms with van der Waals surface area (Å²) < 4.78 is 5.69. The number of hydrogen-bond donors (Lipinski definition) is 1.